The second kappa shape index (κ2) is 8.95. The highest BCUT2D eigenvalue weighted by Crippen LogP contribution is 2.61. The number of hydrogen-bond acceptors (Lipinski definition) is 4. The molecular weight excluding hydrogens is 404 g/mol. The Labute approximate surface area is 191 Å². The largest absolute Gasteiger partial charge is 0.493 e. The minimum atomic E-state index is -0.130. The number of likely N-dealkylation sites (tertiary alicyclic amines) is 1. The molecule has 4 saturated carbocycles. The molecule has 5 fully saturated rings. The van der Waals surface area contributed by atoms with Gasteiger partial charge in [0.05, 0.1) is 7.11 Å². The van der Waals surface area contributed by atoms with Crippen molar-refractivity contribution in [2.24, 2.45) is 23.2 Å². The van der Waals surface area contributed by atoms with Crippen molar-refractivity contribution in [2.45, 2.75) is 63.8 Å². The first-order valence-electron chi connectivity index (χ1n) is 12.3. The molecule has 1 aromatic carbocycles. The third-order valence-corrected chi connectivity index (χ3v) is 8.33. The van der Waals surface area contributed by atoms with Gasteiger partial charge in [-0.05, 0) is 86.7 Å². The predicted octanol–water partition coefficient (Wildman–Crippen LogP) is 3.79. The smallest absolute Gasteiger partial charge is 0.258 e. The fourth-order valence-corrected chi connectivity index (χ4v) is 7.36. The van der Waals surface area contributed by atoms with Gasteiger partial charge < -0.3 is 19.7 Å². The Bertz CT molecular complexity index is 811. The number of ether oxygens (including phenoxy) is 2. The van der Waals surface area contributed by atoms with E-state index in [-0.39, 0.29) is 18.6 Å². The van der Waals surface area contributed by atoms with Crippen LogP contribution in [0.2, 0.25) is 0 Å². The number of amides is 2. The molecular formula is C26H36N2O4. The Morgan fingerprint density at radius 2 is 1.59 bits per heavy atom. The van der Waals surface area contributed by atoms with E-state index in [9.17, 15) is 9.59 Å². The van der Waals surface area contributed by atoms with Crippen molar-refractivity contribution in [3.8, 4) is 11.5 Å². The number of nitrogens with zero attached hydrogens (tertiary/aromatic N) is 1. The molecule has 174 valence electrons. The Morgan fingerprint density at radius 3 is 2.19 bits per heavy atom. The number of para-hydroxylation sites is 2. The Kier molecular flexibility index (Phi) is 6.04. The molecule has 1 saturated heterocycles. The molecule has 1 aromatic rings. The van der Waals surface area contributed by atoms with E-state index in [0.717, 1.165) is 50.1 Å². The highest BCUT2D eigenvalue weighted by atomic mass is 16.5. The van der Waals surface area contributed by atoms with E-state index in [1.54, 1.807) is 13.2 Å². The van der Waals surface area contributed by atoms with E-state index in [1.165, 1.54) is 38.5 Å². The van der Waals surface area contributed by atoms with Gasteiger partial charge in [0.2, 0.25) is 5.91 Å². The summed E-state index contributed by atoms with van der Waals surface area (Å²) in [6, 6.07) is 7.42. The molecule has 2 amide bonds. The summed E-state index contributed by atoms with van der Waals surface area (Å²) in [6.07, 6.45) is 10.5. The molecule has 0 atom stereocenters. The zero-order valence-electron chi connectivity index (χ0n) is 19.2. The lowest BCUT2D eigenvalue weighted by Gasteiger charge is -2.57. The average molecular weight is 441 g/mol. The maximum absolute atomic E-state index is 13.1. The summed E-state index contributed by atoms with van der Waals surface area (Å²) in [5.41, 5.74) is 0.298. The molecule has 1 N–H and O–H groups in total. The van der Waals surface area contributed by atoms with Crippen LogP contribution in [0, 0.1) is 23.2 Å². The van der Waals surface area contributed by atoms with Gasteiger partial charge in [0, 0.05) is 25.6 Å². The monoisotopic (exact) mass is 440 g/mol. The van der Waals surface area contributed by atoms with Crippen LogP contribution in [0.1, 0.15) is 57.8 Å². The fourth-order valence-electron chi connectivity index (χ4n) is 7.36. The second-order valence-corrected chi connectivity index (χ2v) is 10.8. The zero-order chi connectivity index (χ0) is 22.1. The number of rotatable bonds is 7. The molecule has 0 unspecified atom stereocenters. The molecule has 0 aromatic heterocycles. The molecule has 5 aliphatic rings. The first kappa shape index (κ1) is 21.6. The lowest BCUT2D eigenvalue weighted by molar-refractivity contribution is -0.140. The number of piperidine rings is 1. The average Bonchev–Trinajstić information content (AvgIpc) is 2.77. The quantitative estimate of drug-likeness (QED) is 0.701. The minimum Gasteiger partial charge on any atom is -0.493 e. The number of methoxy groups -OCH3 is 1. The Balaban J connectivity index is 1.06. The predicted molar refractivity (Wildman–Crippen MR) is 121 cm³/mol. The third-order valence-electron chi connectivity index (χ3n) is 8.33. The molecule has 1 heterocycles. The van der Waals surface area contributed by atoms with Crippen LogP contribution in [0.3, 0.4) is 0 Å². The van der Waals surface area contributed by atoms with E-state index in [2.05, 4.69) is 5.32 Å². The molecule has 6 nitrogen and oxygen atoms in total. The standard InChI is InChI=1S/C26H36N2O4/c1-31-22-4-2-3-5-23(22)32-17-24(29)27-21-6-8-28(9-7-21)25(30)16-26-13-18-10-19(14-26)12-20(11-18)15-26/h2-5,18-21H,6-17H2,1H3,(H,27,29). The van der Waals surface area contributed by atoms with Crippen LogP contribution in [0.4, 0.5) is 0 Å². The topological polar surface area (TPSA) is 67.9 Å². The highest BCUT2D eigenvalue weighted by Gasteiger charge is 2.51. The Hall–Kier alpha value is -2.24. The summed E-state index contributed by atoms with van der Waals surface area (Å²) < 4.78 is 10.9. The van der Waals surface area contributed by atoms with Gasteiger partial charge in [-0.15, -0.1) is 0 Å². The normalized spacial score (nSPS) is 31.4. The maximum atomic E-state index is 13.1. The van der Waals surface area contributed by atoms with E-state index in [0.29, 0.717) is 22.8 Å². The molecule has 0 radical (unpaired) electrons. The van der Waals surface area contributed by atoms with E-state index < -0.39 is 0 Å². The zero-order valence-corrected chi connectivity index (χ0v) is 19.2. The van der Waals surface area contributed by atoms with E-state index >= 15 is 0 Å². The summed E-state index contributed by atoms with van der Waals surface area (Å²) in [6.45, 7) is 1.44. The molecule has 4 aliphatic carbocycles. The maximum Gasteiger partial charge on any atom is 0.258 e. The van der Waals surface area contributed by atoms with Crippen molar-refractivity contribution in [3.05, 3.63) is 24.3 Å². The van der Waals surface area contributed by atoms with Crippen LogP contribution in [0.25, 0.3) is 0 Å². The van der Waals surface area contributed by atoms with E-state index in [4.69, 9.17) is 9.47 Å². The summed E-state index contributed by atoms with van der Waals surface area (Å²) in [7, 11) is 1.58. The van der Waals surface area contributed by atoms with Crippen LogP contribution in [-0.4, -0.2) is 49.6 Å². The number of hydrogen-bond donors (Lipinski definition) is 1. The van der Waals surface area contributed by atoms with Gasteiger partial charge in [-0.2, -0.15) is 0 Å². The lowest BCUT2D eigenvalue weighted by atomic mass is 9.49. The molecule has 0 spiro atoms. The minimum absolute atomic E-state index is 0.0362. The third kappa shape index (κ3) is 4.60. The molecule has 6 rings (SSSR count). The fraction of sp³-hybridized carbons (Fsp3) is 0.692. The van der Waals surface area contributed by atoms with Gasteiger partial charge in [-0.25, -0.2) is 0 Å². The van der Waals surface area contributed by atoms with Crippen LogP contribution in [0.15, 0.2) is 24.3 Å². The van der Waals surface area contributed by atoms with Gasteiger partial charge in [-0.3, -0.25) is 9.59 Å². The molecule has 1 aliphatic heterocycles. The molecule has 32 heavy (non-hydrogen) atoms. The van der Waals surface area contributed by atoms with Crippen molar-refractivity contribution in [1.82, 2.24) is 10.2 Å². The van der Waals surface area contributed by atoms with E-state index in [1.807, 2.05) is 23.1 Å². The van der Waals surface area contributed by atoms with Gasteiger partial charge >= 0.3 is 0 Å². The van der Waals surface area contributed by atoms with Crippen LogP contribution in [0.5, 0.6) is 11.5 Å². The number of carbonyl (C=O) groups is 2. The summed E-state index contributed by atoms with van der Waals surface area (Å²) in [5, 5.41) is 3.07. The SMILES string of the molecule is COc1ccccc1OCC(=O)NC1CCN(C(=O)CC23CC4CC(CC(C4)C2)C3)CC1. The van der Waals surface area contributed by atoms with Gasteiger partial charge in [0.15, 0.2) is 18.1 Å². The summed E-state index contributed by atoms with van der Waals surface area (Å²) in [4.78, 5) is 27.5. The Morgan fingerprint density at radius 1 is 1.00 bits per heavy atom. The van der Waals surface area contributed by atoms with Crippen LogP contribution >= 0.6 is 0 Å². The van der Waals surface area contributed by atoms with Gasteiger partial charge in [0.25, 0.3) is 5.91 Å². The first-order chi connectivity index (χ1) is 15.5. The van der Waals surface area contributed by atoms with Crippen LogP contribution in [-0.2, 0) is 9.59 Å². The number of nitrogens with one attached hydrogen (secondary N) is 1. The van der Waals surface area contributed by atoms with Crippen molar-refractivity contribution in [2.75, 3.05) is 26.8 Å². The van der Waals surface area contributed by atoms with Crippen molar-refractivity contribution in [3.63, 3.8) is 0 Å². The van der Waals surface area contributed by atoms with Crippen molar-refractivity contribution >= 4 is 11.8 Å². The van der Waals surface area contributed by atoms with Crippen LogP contribution < -0.4 is 14.8 Å². The first-order valence-corrected chi connectivity index (χ1v) is 12.3. The molecule has 6 heteroatoms. The highest BCUT2D eigenvalue weighted by molar-refractivity contribution is 5.78. The summed E-state index contributed by atoms with van der Waals surface area (Å²) in [5.74, 6) is 4.04. The van der Waals surface area contributed by atoms with Crippen molar-refractivity contribution < 1.29 is 19.1 Å². The van der Waals surface area contributed by atoms with Gasteiger partial charge in [-0.1, -0.05) is 12.1 Å². The number of benzene rings is 1. The van der Waals surface area contributed by atoms with Crippen molar-refractivity contribution in [1.29, 1.82) is 0 Å². The lowest BCUT2D eigenvalue weighted by Crippen LogP contribution is -2.51. The van der Waals surface area contributed by atoms with Gasteiger partial charge in [0.1, 0.15) is 0 Å². The molecule has 4 bridgehead atoms. The summed E-state index contributed by atoms with van der Waals surface area (Å²) >= 11 is 0. The second-order valence-electron chi connectivity index (χ2n) is 10.8. The number of carbonyl (C=O) groups excluding carboxylic acids is 2.